The molecular weight excluding hydrogens is 341 g/mol. The van der Waals surface area contributed by atoms with Gasteiger partial charge in [0.05, 0.1) is 12.2 Å². The van der Waals surface area contributed by atoms with Crippen molar-refractivity contribution in [3.8, 4) is 11.3 Å². The standard InChI is InChI=1S/C14H15BrFN3S/c15-10-1-2-12(16)11(7-10)13-9-20-14(18-13)8-19-5-3-17-4-6-19/h1-2,7,9,17H,3-6,8H2. The zero-order valence-corrected chi connectivity index (χ0v) is 13.3. The fourth-order valence-corrected chi connectivity index (χ4v) is 3.46. The molecule has 3 rings (SSSR count). The van der Waals surface area contributed by atoms with Crippen LogP contribution in [0.1, 0.15) is 5.01 Å². The first kappa shape index (κ1) is 14.1. The van der Waals surface area contributed by atoms with E-state index in [9.17, 15) is 4.39 Å². The molecule has 1 N–H and O–H groups in total. The van der Waals surface area contributed by atoms with E-state index in [0.717, 1.165) is 47.9 Å². The number of nitrogens with zero attached hydrogens (tertiary/aromatic N) is 2. The van der Waals surface area contributed by atoms with Gasteiger partial charge in [-0.3, -0.25) is 4.90 Å². The van der Waals surface area contributed by atoms with Gasteiger partial charge in [-0.2, -0.15) is 0 Å². The van der Waals surface area contributed by atoms with Crippen molar-refractivity contribution in [2.75, 3.05) is 26.2 Å². The Morgan fingerprint density at radius 1 is 1.35 bits per heavy atom. The Hall–Kier alpha value is -0.820. The van der Waals surface area contributed by atoms with Gasteiger partial charge < -0.3 is 5.32 Å². The van der Waals surface area contributed by atoms with E-state index < -0.39 is 0 Å². The minimum atomic E-state index is -0.229. The van der Waals surface area contributed by atoms with Crippen molar-refractivity contribution >= 4 is 27.3 Å². The topological polar surface area (TPSA) is 28.2 Å². The summed E-state index contributed by atoms with van der Waals surface area (Å²) in [6, 6.07) is 4.95. The number of rotatable bonds is 3. The summed E-state index contributed by atoms with van der Waals surface area (Å²) in [5.74, 6) is -0.229. The zero-order valence-electron chi connectivity index (χ0n) is 10.9. The first-order valence-corrected chi connectivity index (χ1v) is 8.22. The second-order valence-electron chi connectivity index (χ2n) is 4.78. The quantitative estimate of drug-likeness (QED) is 0.916. The van der Waals surface area contributed by atoms with E-state index in [4.69, 9.17) is 0 Å². The van der Waals surface area contributed by atoms with Crippen LogP contribution in [0.5, 0.6) is 0 Å². The summed E-state index contributed by atoms with van der Waals surface area (Å²) in [7, 11) is 0. The molecule has 106 valence electrons. The van der Waals surface area contributed by atoms with E-state index in [1.165, 1.54) is 6.07 Å². The molecule has 2 aromatic rings. The molecule has 0 amide bonds. The summed E-state index contributed by atoms with van der Waals surface area (Å²) in [6.07, 6.45) is 0. The summed E-state index contributed by atoms with van der Waals surface area (Å²) in [6.45, 7) is 4.99. The molecule has 1 aromatic heterocycles. The van der Waals surface area contributed by atoms with E-state index in [2.05, 4.69) is 31.1 Å². The lowest BCUT2D eigenvalue weighted by atomic mass is 10.1. The van der Waals surface area contributed by atoms with Crippen LogP contribution in [-0.2, 0) is 6.54 Å². The molecule has 1 aliphatic heterocycles. The van der Waals surface area contributed by atoms with Crippen molar-refractivity contribution < 1.29 is 4.39 Å². The Morgan fingerprint density at radius 3 is 2.95 bits per heavy atom. The maximum atomic E-state index is 13.8. The molecule has 6 heteroatoms. The van der Waals surface area contributed by atoms with E-state index in [-0.39, 0.29) is 5.82 Å². The average Bonchev–Trinajstić information content (AvgIpc) is 2.91. The first-order valence-electron chi connectivity index (χ1n) is 6.55. The highest BCUT2D eigenvalue weighted by atomic mass is 79.9. The summed E-state index contributed by atoms with van der Waals surface area (Å²) in [5, 5.41) is 6.31. The van der Waals surface area contributed by atoms with Crippen LogP contribution in [0.15, 0.2) is 28.1 Å². The van der Waals surface area contributed by atoms with Gasteiger partial charge in [0.2, 0.25) is 0 Å². The Morgan fingerprint density at radius 2 is 2.15 bits per heavy atom. The number of hydrogen-bond donors (Lipinski definition) is 1. The van der Waals surface area contributed by atoms with Crippen LogP contribution in [0, 0.1) is 5.82 Å². The molecule has 0 radical (unpaired) electrons. The van der Waals surface area contributed by atoms with E-state index >= 15 is 0 Å². The van der Waals surface area contributed by atoms with Crippen LogP contribution in [-0.4, -0.2) is 36.1 Å². The molecule has 0 bridgehead atoms. The normalized spacial score (nSPS) is 16.5. The molecule has 0 aliphatic carbocycles. The van der Waals surface area contributed by atoms with Gasteiger partial charge in [0.1, 0.15) is 10.8 Å². The molecule has 3 nitrogen and oxygen atoms in total. The maximum absolute atomic E-state index is 13.8. The molecule has 0 spiro atoms. The molecular formula is C14H15BrFN3S. The summed E-state index contributed by atoms with van der Waals surface area (Å²) in [5.41, 5.74) is 1.28. The second-order valence-corrected chi connectivity index (χ2v) is 6.64. The SMILES string of the molecule is Fc1ccc(Br)cc1-c1csc(CN2CCNCC2)n1. The van der Waals surface area contributed by atoms with Crippen LogP contribution in [0.3, 0.4) is 0 Å². The summed E-state index contributed by atoms with van der Waals surface area (Å²) >= 11 is 4.97. The van der Waals surface area contributed by atoms with E-state index in [1.54, 1.807) is 23.5 Å². The van der Waals surface area contributed by atoms with Crippen molar-refractivity contribution in [3.63, 3.8) is 0 Å². The van der Waals surface area contributed by atoms with Gasteiger partial charge in [0.15, 0.2) is 0 Å². The third-order valence-corrected chi connectivity index (χ3v) is 4.65. The van der Waals surface area contributed by atoms with E-state index in [0.29, 0.717) is 5.56 Å². The van der Waals surface area contributed by atoms with Crippen molar-refractivity contribution in [3.05, 3.63) is 38.9 Å². The fourth-order valence-electron chi connectivity index (χ4n) is 2.26. The van der Waals surface area contributed by atoms with Crippen molar-refractivity contribution in [1.29, 1.82) is 0 Å². The van der Waals surface area contributed by atoms with Gasteiger partial charge >= 0.3 is 0 Å². The predicted molar refractivity (Wildman–Crippen MR) is 83.4 cm³/mol. The molecule has 0 saturated carbocycles. The predicted octanol–water partition coefficient (Wildman–Crippen LogP) is 3.12. The lowest BCUT2D eigenvalue weighted by molar-refractivity contribution is 0.233. The lowest BCUT2D eigenvalue weighted by Crippen LogP contribution is -2.42. The van der Waals surface area contributed by atoms with Crippen molar-refractivity contribution in [1.82, 2.24) is 15.2 Å². The van der Waals surface area contributed by atoms with Crippen LogP contribution in [0.2, 0.25) is 0 Å². The summed E-state index contributed by atoms with van der Waals surface area (Å²) < 4.78 is 14.7. The number of benzene rings is 1. The third-order valence-electron chi connectivity index (χ3n) is 3.32. The first-order chi connectivity index (χ1) is 9.72. The Balaban J connectivity index is 1.77. The van der Waals surface area contributed by atoms with Crippen molar-refractivity contribution in [2.24, 2.45) is 0 Å². The average molecular weight is 356 g/mol. The molecule has 1 saturated heterocycles. The number of nitrogens with one attached hydrogen (secondary N) is 1. The van der Waals surface area contributed by atoms with Crippen LogP contribution in [0.4, 0.5) is 4.39 Å². The highest BCUT2D eigenvalue weighted by Crippen LogP contribution is 2.27. The molecule has 20 heavy (non-hydrogen) atoms. The van der Waals surface area contributed by atoms with Crippen LogP contribution < -0.4 is 5.32 Å². The Kier molecular flexibility index (Phi) is 4.45. The van der Waals surface area contributed by atoms with Gasteiger partial charge in [-0.25, -0.2) is 9.37 Å². The number of halogens is 2. The van der Waals surface area contributed by atoms with Gasteiger partial charge in [0, 0.05) is 41.6 Å². The molecule has 1 fully saturated rings. The Bertz CT molecular complexity index is 596. The molecule has 1 aliphatic rings. The van der Waals surface area contributed by atoms with Gasteiger partial charge in [0.25, 0.3) is 0 Å². The minimum absolute atomic E-state index is 0.229. The Labute approximate surface area is 130 Å². The molecule has 1 aromatic carbocycles. The van der Waals surface area contributed by atoms with E-state index in [1.807, 2.05) is 5.38 Å². The van der Waals surface area contributed by atoms with Crippen LogP contribution >= 0.6 is 27.3 Å². The largest absolute Gasteiger partial charge is 0.314 e. The smallest absolute Gasteiger partial charge is 0.132 e. The number of aromatic nitrogens is 1. The van der Waals surface area contributed by atoms with Crippen molar-refractivity contribution in [2.45, 2.75) is 6.54 Å². The third kappa shape index (κ3) is 3.25. The maximum Gasteiger partial charge on any atom is 0.132 e. The number of hydrogen-bond acceptors (Lipinski definition) is 4. The van der Waals surface area contributed by atoms with Gasteiger partial charge in [-0.1, -0.05) is 15.9 Å². The highest BCUT2D eigenvalue weighted by molar-refractivity contribution is 9.10. The van der Waals surface area contributed by atoms with Gasteiger partial charge in [-0.05, 0) is 18.2 Å². The fraction of sp³-hybridized carbons (Fsp3) is 0.357. The second kappa shape index (κ2) is 6.30. The monoisotopic (exact) mass is 355 g/mol. The van der Waals surface area contributed by atoms with Gasteiger partial charge in [-0.15, -0.1) is 11.3 Å². The molecule has 0 unspecified atom stereocenters. The summed E-state index contributed by atoms with van der Waals surface area (Å²) in [4.78, 5) is 6.94. The minimum Gasteiger partial charge on any atom is -0.314 e. The molecule has 2 heterocycles. The van der Waals surface area contributed by atoms with Crippen LogP contribution in [0.25, 0.3) is 11.3 Å². The highest BCUT2D eigenvalue weighted by Gasteiger charge is 2.14. The lowest BCUT2D eigenvalue weighted by Gasteiger charge is -2.26. The zero-order chi connectivity index (χ0) is 13.9. The number of thiazole rings is 1. The molecule has 0 atom stereocenters. The number of piperazine rings is 1.